The molecule has 6 heteroatoms. The molecule has 1 aliphatic heterocycles. The van der Waals surface area contributed by atoms with Gasteiger partial charge in [0, 0.05) is 43.1 Å². The number of aromatic nitrogens is 1. The van der Waals surface area contributed by atoms with Crippen LogP contribution in [0, 0.1) is 0 Å². The van der Waals surface area contributed by atoms with Crippen LogP contribution in [0.2, 0.25) is 0 Å². The van der Waals surface area contributed by atoms with E-state index < -0.39 is 6.04 Å². The Morgan fingerprint density at radius 1 is 1.30 bits per heavy atom. The molecule has 1 saturated heterocycles. The van der Waals surface area contributed by atoms with E-state index in [1.165, 1.54) is 6.92 Å². The summed E-state index contributed by atoms with van der Waals surface area (Å²) < 4.78 is 5.65. The van der Waals surface area contributed by atoms with Crippen molar-refractivity contribution in [1.82, 2.24) is 15.6 Å². The third-order valence-electron chi connectivity index (χ3n) is 5.13. The van der Waals surface area contributed by atoms with Crippen LogP contribution in [-0.2, 0) is 20.7 Å². The Kier molecular flexibility index (Phi) is 6.50. The molecule has 3 N–H and O–H groups in total. The van der Waals surface area contributed by atoms with Crippen LogP contribution in [0.4, 0.5) is 0 Å². The standard InChI is InChI=1S/C21H29N3O3/c1-14(9-10-17-6-5-11-27-17)23-21(26)20(24-15(2)25)12-16-13-22-19-8-4-3-7-18(16)19/h3-4,7-8,13-14,17,20,22H,5-6,9-12H2,1-2H3,(H,23,26)(H,24,25). The minimum absolute atomic E-state index is 0.0425. The van der Waals surface area contributed by atoms with Gasteiger partial charge in [0.25, 0.3) is 0 Å². The Labute approximate surface area is 160 Å². The fraction of sp³-hybridized carbons (Fsp3) is 0.524. The topological polar surface area (TPSA) is 83.2 Å². The maximum absolute atomic E-state index is 12.8. The molecule has 27 heavy (non-hydrogen) atoms. The molecule has 6 nitrogen and oxygen atoms in total. The van der Waals surface area contributed by atoms with Crippen LogP contribution in [0.3, 0.4) is 0 Å². The van der Waals surface area contributed by atoms with Gasteiger partial charge in [-0.3, -0.25) is 9.59 Å². The lowest BCUT2D eigenvalue weighted by Gasteiger charge is -2.21. The van der Waals surface area contributed by atoms with E-state index in [0.717, 1.165) is 48.8 Å². The van der Waals surface area contributed by atoms with Crippen molar-refractivity contribution in [2.24, 2.45) is 0 Å². The number of benzene rings is 1. The fourth-order valence-corrected chi connectivity index (χ4v) is 3.70. The van der Waals surface area contributed by atoms with Crippen molar-refractivity contribution in [3.8, 4) is 0 Å². The molecule has 1 aromatic carbocycles. The zero-order valence-electron chi connectivity index (χ0n) is 16.1. The van der Waals surface area contributed by atoms with Crippen LogP contribution in [0.25, 0.3) is 10.9 Å². The van der Waals surface area contributed by atoms with E-state index in [-0.39, 0.29) is 17.9 Å². The van der Waals surface area contributed by atoms with Gasteiger partial charge in [0.15, 0.2) is 0 Å². The minimum Gasteiger partial charge on any atom is -0.378 e. The summed E-state index contributed by atoms with van der Waals surface area (Å²) in [6, 6.07) is 7.41. The number of carbonyl (C=O) groups is 2. The molecular formula is C21H29N3O3. The van der Waals surface area contributed by atoms with Crippen molar-refractivity contribution >= 4 is 22.7 Å². The zero-order chi connectivity index (χ0) is 19.2. The SMILES string of the molecule is CC(=O)NC(Cc1c[nH]c2ccccc12)C(=O)NC(C)CCC1CCCO1. The summed E-state index contributed by atoms with van der Waals surface area (Å²) in [6.07, 6.45) is 6.74. The summed E-state index contributed by atoms with van der Waals surface area (Å²) in [5.41, 5.74) is 2.05. The molecule has 3 atom stereocenters. The molecular weight excluding hydrogens is 342 g/mol. The Morgan fingerprint density at radius 3 is 2.85 bits per heavy atom. The minimum atomic E-state index is -0.591. The summed E-state index contributed by atoms with van der Waals surface area (Å²) in [6.45, 7) is 4.29. The number of hydrogen-bond acceptors (Lipinski definition) is 3. The normalized spacial score (nSPS) is 19.0. The first kappa shape index (κ1) is 19.4. The number of rotatable bonds is 8. The number of ether oxygens (including phenoxy) is 1. The second kappa shape index (κ2) is 9.04. The Bertz CT molecular complexity index is 780. The molecule has 1 aliphatic rings. The lowest BCUT2D eigenvalue weighted by atomic mass is 10.0. The monoisotopic (exact) mass is 371 g/mol. The van der Waals surface area contributed by atoms with Crippen LogP contribution < -0.4 is 10.6 Å². The highest BCUT2D eigenvalue weighted by atomic mass is 16.5. The maximum atomic E-state index is 12.8. The highest BCUT2D eigenvalue weighted by Gasteiger charge is 2.23. The molecule has 0 saturated carbocycles. The molecule has 2 heterocycles. The molecule has 3 rings (SSSR count). The number of nitrogens with one attached hydrogen (secondary N) is 3. The number of aromatic amines is 1. The van der Waals surface area contributed by atoms with Crippen molar-refractivity contribution in [3.05, 3.63) is 36.0 Å². The van der Waals surface area contributed by atoms with Gasteiger partial charge >= 0.3 is 0 Å². The number of hydrogen-bond donors (Lipinski definition) is 3. The largest absolute Gasteiger partial charge is 0.378 e. The van der Waals surface area contributed by atoms with Crippen LogP contribution >= 0.6 is 0 Å². The third kappa shape index (κ3) is 5.32. The Morgan fingerprint density at radius 2 is 2.11 bits per heavy atom. The fourth-order valence-electron chi connectivity index (χ4n) is 3.70. The predicted octanol–water partition coefficient (Wildman–Crippen LogP) is 2.68. The second-order valence-electron chi connectivity index (χ2n) is 7.44. The van der Waals surface area contributed by atoms with Crippen LogP contribution in [0.1, 0.15) is 45.1 Å². The Balaban J connectivity index is 1.60. The predicted molar refractivity (Wildman–Crippen MR) is 105 cm³/mol. The number of fused-ring (bicyclic) bond motifs is 1. The van der Waals surface area contributed by atoms with E-state index in [0.29, 0.717) is 12.5 Å². The van der Waals surface area contributed by atoms with Gasteiger partial charge in [-0.15, -0.1) is 0 Å². The average molecular weight is 371 g/mol. The molecule has 3 unspecified atom stereocenters. The Hall–Kier alpha value is -2.34. The van der Waals surface area contributed by atoms with E-state index in [9.17, 15) is 9.59 Å². The van der Waals surface area contributed by atoms with Crippen LogP contribution in [-0.4, -0.2) is 41.6 Å². The van der Waals surface area contributed by atoms with Crippen molar-refractivity contribution in [3.63, 3.8) is 0 Å². The van der Waals surface area contributed by atoms with Gasteiger partial charge in [0.2, 0.25) is 11.8 Å². The van der Waals surface area contributed by atoms with Gasteiger partial charge in [0.05, 0.1) is 6.10 Å². The van der Waals surface area contributed by atoms with Gasteiger partial charge < -0.3 is 20.4 Å². The van der Waals surface area contributed by atoms with Crippen LogP contribution in [0.5, 0.6) is 0 Å². The number of H-pyrrole nitrogens is 1. The molecule has 0 aliphatic carbocycles. The number of para-hydroxylation sites is 1. The molecule has 2 amide bonds. The number of carbonyl (C=O) groups excluding carboxylic acids is 2. The molecule has 146 valence electrons. The molecule has 1 aromatic heterocycles. The summed E-state index contributed by atoms with van der Waals surface area (Å²) in [7, 11) is 0. The van der Waals surface area contributed by atoms with Gasteiger partial charge in [0.1, 0.15) is 6.04 Å². The van der Waals surface area contributed by atoms with E-state index in [2.05, 4.69) is 15.6 Å². The quantitative estimate of drug-likeness (QED) is 0.667. The zero-order valence-corrected chi connectivity index (χ0v) is 16.1. The molecule has 0 spiro atoms. The first-order valence-electron chi connectivity index (χ1n) is 9.77. The lowest BCUT2D eigenvalue weighted by Crippen LogP contribution is -2.49. The average Bonchev–Trinajstić information content (AvgIpc) is 3.29. The van der Waals surface area contributed by atoms with Gasteiger partial charge in [-0.25, -0.2) is 0 Å². The van der Waals surface area contributed by atoms with Crippen molar-refractivity contribution in [1.29, 1.82) is 0 Å². The van der Waals surface area contributed by atoms with E-state index in [1.807, 2.05) is 37.4 Å². The molecule has 1 fully saturated rings. The molecule has 0 bridgehead atoms. The molecule has 2 aromatic rings. The van der Waals surface area contributed by atoms with Gasteiger partial charge in [-0.1, -0.05) is 18.2 Å². The van der Waals surface area contributed by atoms with Crippen molar-refractivity contribution in [2.45, 2.75) is 64.1 Å². The van der Waals surface area contributed by atoms with Crippen LogP contribution in [0.15, 0.2) is 30.5 Å². The third-order valence-corrected chi connectivity index (χ3v) is 5.13. The second-order valence-corrected chi connectivity index (χ2v) is 7.44. The van der Waals surface area contributed by atoms with E-state index in [1.54, 1.807) is 0 Å². The summed E-state index contributed by atoms with van der Waals surface area (Å²) >= 11 is 0. The summed E-state index contributed by atoms with van der Waals surface area (Å²) in [4.78, 5) is 27.6. The first-order valence-corrected chi connectivity index (χ1v) is 9.77. The maximum Gasteiger partial charge on any atom is 0.243 e. The lowest BCUT2D eigenvalue weighted by molar-refractivity contribution is -0.128. The summed E-state index contributed by atoms with van der Waals surface area (Å²) in [5, 5.41) is 6.92. The highest BCUT2D eigenvalue weighted by Crippen LogP contribution is 2.20. The first-order chi connectivity index (χ1) is 13.0. The summed E-state index contributed by atoms with van der Waals surface area (Å²) in [5.74, 6) is -0.350. The van der Waals surface area contributed by atoms with Gasteiger partial charge in [-0.2, -0.15) is 0 Å². The number of amides is 2. The van der Waals surface area contributed by atoms with E-state index in [4.69, 9.17) is 4.74 Å². The smallest absolute Gasteiger partial charge is 0.243 e. The van der Waals surface area contributed by atoms with Gasteiger partial charge in [-0.05, 0) is 44.2 Å². The highest BCUT2D eigenvalue weighted by molar-refractivity contribution is 5.89. The van der Waals surface area contributed by atoms with Crippen molar-refractivity contribution in [2.75, 3.05) is 6.61 Å². The van der Waals surface area contributed by atoms with Crippen molar-refractivity contribution < 1.29 is 14.3 Å². The van der Waals surface area contributed by atoms with E-state index >= 15 is 0 Å². The molecule has 0 radical (unpaired) electrons.